The van der Waals surface area contributed by atoms with Crippen molar-refractivity contribution in [2.45, 2.75) is 31.7 Å². The van der Waals surface area contributed by atoms with E-state index in [9.17, 15) is 0 Å². The average Bonchev–Trinajstić information content (AvgIpc) is 3.00. The summed E-state index contributed by atoms with van der Waals surface area (Å²) in [7, 11) is 4.32. The monoisotopic (exact) mass is 225 g/mol. The lowest BCUT2D eigenvalue weighted by molar-refractivity contribution is 0.123. The number of piperazine rings is 1. The Kier molecular flexibility index (Phi) is 3.88. The summed E-state index contributed by atoms with van der Waals surface area (Å²) in [4.78, 5) is 4.93. The highest BCUT2D eigenvalue weighted by atomic mass is 15.2. The fraction of sp³-hybridized carbons (Fsp3) is 1.00. The molecule has 0 amide bonds. The number of rotatable bonds is 5. The maximum atomic E-state index is 3.73. The summed E-state index contributed by atoms with van der Waals surface area (Å²) in [5.74, 6) is 0.948. The van der Waals surface area contributed by atoms with E-state index in [4.69, 9.17) is 0 Å². The predicted octanol–water partition coefficient (Wildman–Crippen LogP) is 1.01. The van der Waals surface area contributed by atoms with Gasteiger partial charge in [-0.05, 0) is 59.3 Å². The maximum absolute atomic E-state index is 3.73. The van der Waals surface area contributed by atoms with Crippen LogP contribution in [0.1, 0.15) is 26.2 Å². The van der Waals surface area contributed by atoms with Crippen molar-refractivity contribution >= 4 is 0 Å². The average molecular weight is 225 g/mol. The van der Waals surface area contributed by atoms with Gasteiger partial charge >= 0.3 is 0 Å². The number of nitrogens with zero attached hydrogens (tertiary/aromatic N) is 2. The summed E-state index contributed by atoms with van der Waals surface area (Å²) in [6, 6.07) is 0. The van der Waals surface area contributed by atoms with Crippen LogP contribution in [0.2, 0.25) is 0 Å². The molecule has 2 aliphatic rings. The maximum Gasteiger partial charge on any atom is 0.0309 e. The lowest BCUT2D eigenvalue weighted by Crippen LogP contribution is -2.60. The second-order valence-corrected chi connectivity index (χ2v) is 6.05. The largest absolute Gasteiger partial charge is 0.309 e. The molecule has 0 aromatic carbocycles. The van der Waals surface area contributed by atoms with Gasteiger partial charge in [-0.3, -0.25) is 0 Å². The van der Waals surface area contributed by atoms with Crippen molar-refractivity contribution in [3.8, 4) is 0 Å². The Bertz CT molecular complexity index is 225. The molecule has 2 fully saturated rings. The minimum absolute atomic E-state index is 0.413. The molecule has 1 atom stereocenters. The molecule has 1 saturated heterocycles. The molecule has 1 heterocycles. The Balaban J connectivity index is 1.73. The van der Waals surface area contributed by atoms with Crippen LogP contribution in [0.4, 0.5) is 0 Å². The molecular formula is C13H27N3. The number of hydrogen-bond acceptors (Lipinski definition) is 3. The third-order valence-corrected chi connectivity index (χ3v) is 4.07. The molecule has 0 aromatic heterocycles. The lowest BCUT2D eigenvalue weighted by atomic mass is 9.93. The fourth-order valence-corrected chi connectivity index (χ4v) is 2.89. The number of hydrogen-bond donors (Lipinski definition) is 1. The van der Waals surface area contributed by atoms with Crippen LogP contribution < -0.4 is 5.32 Å². The van der Waals surface area contributed by atoms with E-state index in [1.165, 1.54) is 52.0 Å². The van der Waals surface area contributed by atoms with E-state index in [-0.39, 0.29) is 0 Å². The molecule has 16 heavy (non-hydrogen) atoms. The van der Waals surface area contributed by atoms with Crippen molar-refractivity contribution in [2.75, 3.05) is 46.8 Å². The summed E-state index contributed by atoms with van der Waals surface area (Å²) >= 11 is 0. The molecule has 3 nitrogen and oxygen atoms in total. The van der Waals surface area contributed by atoms with Crippen molar-refractivity contribution in [1.29, 1.82) is 0 Å². The summed E-state index contributed by atoms with van der Waals surface area (Å²) in [5, 5.41) is 3.73. The van der Waals surface area contributed by atoms with Gasteiger partial charge < -0.3 is 15.1 Å². The zero-order valence-corrected chi connectivity index (χ0v) is 11.1. The Morgan fingerprint density at radius 1 is 1.38 bits per heavy atom. The van der Waals surface area contributed by atoms with E-state index in [0.29, 0.717) is 5.54 Å². The first-order chi connectivity index (χ1) is 7.60. The molecule has 94 valence electrons. The molecular weight excluding hydrogens is 198 g/mol. The van der Waals surface area contributed by atoms with Crippen LogP contribution >= 0.6 is 0 Å². The molecule has 2 rings (SSSR count). The smallest absolute Gasteiger partial charge is 0.0309 e. The highest BCUT2D eigenvalue weighted by Crippen LogP contribution is 2.40. The van der Waals surface area contributed by atoms with Crippen molar-refractivity contribution in [2.24, 2.45) is 5.92 Å². The van der Waals surface area contributed by atoms with Gasteiger partial charge in [-0.25, -0.2) is 0 Å². The van der Waals surface area contributed by atoms with Crippen LogP contribution in [0.15, 0.2) is 0 Å². The quantitative estimate of drug-likeness (QED) is 0.753. The molecule has 1 aliphatic carbocycles. The molecule has 0 spiro atoms. The van der Waals surface area contributed by atoms with Crippen LogP contribution in [0, 0.1) is 5.92 Å². The zero-order chi connectivity index (χ0) is 11.6. The van der Waals surface area contributed by atoms with Gasteiger partial charge in [-0.15, -0.1) is 0 Å². The highest BCUT2D eigenvalue weighted by Gasteiger charge is 2.43. The van der Waals surface area contributed by atoms with Gasteiger partial charge in [0.15, 0.2) is 0 Å². The Morgan fingerprint density at radius 3 is 2.75 bits per heavy atom. The van der Waals surface area contributed by atoms with E-state index in [0.717, 1.165) is 5.92 Å². The van der Waals surface area contributed by atoms with Crippen molar-refractivity contribution in [1.82, 2.24) is 15.1 Å². The van der Waals surface area contributed by atoms with E-state index < -0.39 is 0 Å². The van der Waals surface area contributed by atoms with Gasteiger partial charge in [0, 0.05) is 25.2 Å². The summed E-state index contributed by atoms with van der Waals surface area (Å²) in [5.41, 5.74) is 0.413. The molecule has 1 aliphatic heterocycles. The summed E-state index contributed by atoms with van der Waals surface area (Å²) < 4.78 is 0. The number of nitrogens with one attached hydrogen (secondary N) is 1. The van der Waals surface area contributed by atoms with E-state index >= 15 is 0 Å². The van der Waals surface area contributed by atoms with Crippen LogP contribution in [0.25, 0.3) is 0 Å². The van der Waals surface area contributed by atoms with E-state index in [1.54, 1.807) is 0 Å². The van der Waals surface area contributed by atoms with Gasteiger partial charge in [-0.1, -0.05) is 0 Å². The Hall–Kier alpha value is -0.120. The molecule has 0 radical (unpaired) electrons. The van der Waals surface area contributed by atoms with Gasteiger partial charge in [0.1, 0.15) is 0 Å². The standard InChI is InChI=1S/C13H27N3/c1-13(12-5-6-12)11-16(10-7-14-13)9-4-8-15(2)3/h12,14H,4-11H2,1-3H3. The third kappa shape index (κ3) is 3.19. The van der Waals surface area contributed by atoms with Crippen LogP contribution in [0.3, 0.4) is 0 Å². The molecule has 0 aromatic rings. The van der Waals surface area contributed by atoms with Crippen LogP contribution in [0.5, 0.6) is 0 Å². The van der Waals surface area contributed by atoms with Gasteiger partial charge in [0.2, 0.25) is 0 Å². The summed E-state index contributed by atoms with van der Waals surface area (Å²) in [6.45, 7) is 8.56. The van der Waals surface area contributed by atoms with Crippen LogP contribution in [-0.4, -0.2) is 62.2 Å². The van der Waals surface area contributed by atoms with Crippen molar-refractivity contribution < 1.29 is 0 Å². The van der Waals surface area contributed by atoms with Gasteiger partial charge in [0.05, 0.1) is 0 Å². The normalized spacial score (nSPS) is 32.2. The highest BCUT2D eigenvalue weighted by molar-refractivity contribution is 5.01. The van der Waals surface area contributed by atoms with E-state index in [1.807, 2.05) is 0 Å². The predicted molar refractivity (Wildman–Crippen MR) is 68.7 cm³/mol. The molecule has 1 N–H and O–H groups in total. The fourth-order valence-electron chi connectivity index (χ4n) is 2.89. The first-order valence-electron chi connectivity index (χ1n) is 6.72. The third-order valence-electron chi connectivity index (χ3n) is 4.07. The molecule has 0 bridgehead atoms. The van der Waals surface area contributed by atoms with E-state index in [2.05, 4.69) is 36.1 Å². The van der Waals surface area contributed by atoms with Crippen LogP contribution in [-0.2, 0) is 0 Å². The lowest BCUT2D eigenvalue weighted by Gasteiger charge is -2.42. The molecule has 3 heteroatoms. The first-order valence-corrected chi connectivity index (χ1v) is 6.72. The Morgan fingerprint density at radius 2 is 2.12 bits per heavy atom. The molecule has 1 saturated carbocycles. The minimum atomic E-state index is 0.413. The minimum Gasteiger partial charge on any atom is -0.309 e. The summed E-state index contributed by atoms with van der Waals surface area (Å²) in [6.07, 6.45) is 4.18. The SMILES string of the molecule is CN(C)CCCN1CCNC(C)(C2CC2)C1. The van der Waals surface area contributed by atoms with Crippen molar-refractivity contribution in [3.05, 3.63) is 0 Å². The van der Waals surface area contributed by atoms with Gasteiger partial charge in [-0.2, -0.15) is 0 Å². The second-order valence-electron chi connectivity index (χ2n) is 6.05. The zero-order valence-electron chi connectivity index (χ0n) is 11.1. The second kappa shape index (κ2) is 5.03. The Labute approximate surface area is 100 Å². The van der Waals surface area contributed by atoms with Gasteiger partial charge in [0.25, 0.3) is 0 Å². The van der Waals surface area contributed by atoms with Crippen molar-refractivity contribution in [3.63, 3.8) is 0 Å². The molecule has 1 unspecified atom stereocenters. The first kappa shape index (κ1) is 12.3. The topological polar surface area (TPSA) is 18.5 Å².